The number of anilines is 1. The Hall–Kier alpha value is -2.54. The molecule has 0 bridgehead atoms. The molecule has 0 aromatic heterocycles. The predicted molar refractivity (Wildman–Crippen MR) is 157 cm³/mol. The topological polar surface area (TPSA) is 55.9 Å². The van der Waals surface area contributed by atoms with Gasteiger partial charge < -0.3 is 15.1 Å². The summed E-state index contributed by atoms with van der Waals surface area (Å²) in [6, 6.07) is 9.05. The molecule has 1 N–H and O–H groups in total. The molecule has 2 heterocycles. The first-order chi connectivity index (χ1) is 19.1. The standard InChI is InChI=1S/C29H34F6N4O2.2ClH/c1-27(2)18-36-15-21-23(27)9-6-10-24(21)39(26(41)29(33,34)35)17-25(40)38(20-11-13-37(3)14-12-20)16-19-7-4-5-8-22(19)28(30,31)32;;/h4-10,20,36H,11-18H2,1-3H3;2*1H. The third-order valence-electron chi connectivity index (χ3n) is 7.93. The van der Waals surface area contributed by atoms with Gasteiger partial charge in [-0.15, -0.1) is 24.8 Å². The second-order valence-electron chi connectivity index (χ2n) is 11.4. The van der Waals surface area contributed by atoms with Crippen molar-refractivity contribution >= 4 is 42.3 Å². The van der Waals surface area contributed by atoms with Gasteiger partial charge in [-0.25, -0.2) is 0 Å². The lowest BCUT2D eigenvalue weighted by Gasteiger charge is -2.39. The summed E-state index contributed by atoms with van der Waals surface area (Å²) in [5, 5.41) is 3.16. The molecule has 0 spiro atoms. The van der Waals surface area contributed by atoms with Crippen LogP contribution in [-0.4, -0.2) is 67.1 Å². The SMILES string of the molecule is CN1CCC(N(Cc2ccccc2C(F)(F)F)C(=O)CN(C(=O)C(F)(F)F)c2cccc3c2CNCC3(C)C)CC1.Cl.Cl. The summed E-state index contributed by atoms with van der Waals surface area (Å²) < 4.78 is 83.0. The molecule has 1 fully saturated rings. The van der Waals surface area contributed by atoms with Gasteiger partial charge in [-0.3, -0.25) is 14.5 Å². The number of nitrogens with zero attached hydrogens (tertiary/aromatic N) is 3. The van der Waals surface area contributed by atoms with Crippen molar-refractivity contribution in [2.45, 2.75) is 63.6 Å². The molecule has 4 rings (SSSR count). The van der Waals surface area contributed by atoms with Crippen molar-refractivity contribution in [3.8, 4) is 0 Å². The maximum Gasteiger partial charge on any atom is 0.471 e. The first-order valence-corrected chi connectivity index (χ1v) is 13.4. The zero-order valence-corrected chi connectivity index (χ0v) is 25.7. The average molecular weight is 658 g/mol. The number of alkyl halides is 6. The Morgan fingerprint density at radius 3 is 2.21 bits per heavy atom. The third-order valence-corrected chi connectivity index (χ3v) is 7.93. The van der Waals surface area contributed by atoms with Crippen molar-refractivity contribution < 1.29 is 35.9 Å². The van der Waals surface area contributed by atoms with E-state index in [0.717, 1.165) is 11.6 Å². The predicted octanol–water partition coefficient (Wildman–Crippen LogP) is 5.95. The molecule has 0 radical (unpaired) electrons. The molecule has 2 aromatic carbocycles. The van der Waals surface area contributed by atoms with Gasteiger partial charge in [0.1, 0.15) is 6.54 Å². The fourth-order valence-corrected chi connectivity index (χ4v) is 5.73. The number of carbonyl (C=O) groups excluding carboxylic acids is 2. The molecule has 2 amide bonds. The van der Waals surface area contributed by atoms with Crippen molar-refractivity contribution in [2.24, 2.45) is 0 Å². The Kier molecular flexibility index (Phi) is 12.0. The second-order valence-corrected chi connectivity index (χ2v) is 11.4. The smallest absolute Gasteiger partial charge is 0.334 e. The van der Waals surface area contributed by atoms with Gasteiger partial charge in [-0.1, -0.05) is 44.2 Å². The highest BCUT2D eigenvalue weighted by Gasteiger charge is 2.45. The Morgan fingerprint density at radius 1 is 0.977 bits per heavy atom. The van der Waals surface area contributed by atoms with Crippen molar-refractivity contribution in [1.29, 1.82) is 0 Å². The number of rotatable bonds is 6. The molecule has 0 aliphatic carbocycles. The molecule has 0 saturated carbocycles. The number of carbonyl (C=O) groups is 2. The van der Waals surface area contributed by atoms with Crippen LogP contribution in [0.25, 0.3) is 0 Å². The summed E-state index contributed by atoms with van der Waals surface area (Å²) in [7, 11) is 1.87. The van der Waals surface area contributed by atoms with E-state index < -0.39 is 54.3 Å². The van der Waals surface area contributed by atoms with Crippen LogP contribution in [0.5, 0.6) is 0 Å². The third kappa shape index (κ3) is 8.34. The summed E-state index contributed by atoms with van der Waals surface area (Å²) in [5.74, 6) is -3.06. The number of likely N-dealkylation sites (tertiary alicyclic amines) is 1. The fraction of sp³-hybridized carbons (Fsp3) is 0.517. The van der Waals surface area contributed by atoms with Crippen molar-refractivity contribution in [3.05, 3.63) is 64.7 Å². The van der Waals surface area contributed by atoms with Gasteiger partial charge in [0.05, 0.1) is 5.56 Å². The Balaban J connectivity index is 0.00000323. The zero-order chi connectivity index (χ0) is 30.2. The Bertz CT molecular complexity index is 1280. The van der Waals surface area contributed by atoms with Gasteiger partial charge >= 0.3 is 18.3 Å². The zero-order valence-electron chi connectivity index (χ0n) is 24.0. The van der Waals surface area contributed by atoms with Crippen LogP contribution in [-0.2, 0) is 34.3 Å². The van der Waals surface area contributed by atoms with Crippen LogP contribution in [0.2, 0.25) is 0 Å². The first kappa shape index (κ1) is 36.7. The van der Waals surface area contributed by atoms with Crippen LogP contribution >= 0.6 is 24.8 Å². The number of hydrogen-bond donors (Lipinski definition) is 1. The molecule has 2 aromatic rings. The van der Waals surface area contributed by atoms with Crippen molar-refractivity contribution in [2.75, 3.05) is 38.1 Å². The molecular weight excluding hydrogens is 621 g/mol. The summed E-state index contributed by atoms with van der Waals surface area (Å²) in [5.41, 5.74) is -0.335. The van der Waals surface area contributed by atoms with Crippen LogP contribution in [0, 0.1) is 0 Å². The summed E-state index contributed by atoms with van der Waals surface area (Å²) in [4.78, 5) is 30.3. The minimum Gasteiger partial charge on any atom is -0.334 e. The van der Waals surface area contributed by atoms with Crippen LogP contribution in [0.4, 0.5) is 32.0 Å². The first-order valence-electron chi connectivity index (χ1n) is 13.4. The number of piperidine rings is 1. The minimum atomic E-state index is -5.28. The van der Waals surface area contributed by atoms with E-state index in [0.29, 0.717) is 42.9 Å². The van der Waals surface area contributed by atoms with E-state index in [4.69, 9.17) is 0 Å². The van der Waals surface area contributed by atoms with Crippen LogP contribution in [0.1, 0.15) is 48.9 Å². The number of amides is 2. The van der Waals surface area contributed by atoms with Gasteiger partial charge in [0.2, 0.25) is 5.91 Å². The van der Waals surface area contributed by atoms with Gasteiger partial charge in [-0.05, 0) is 61.8 Å². The normalized spacial score (nSPS) is 17.2. The van der Waals surface area contributed by atoms with E-state index in [1.165, 1.54) is 29.2 Å². The number of fused-ring (bicyclic) bond motifs is 1. The monoisotopic (exact) mass is 656 g/mol. The highest BCUT2D eigenvalue weighted by molar-refractivity contribution is 6.02. The number of halogens is 8. The molecule has 6 nitrogen and oxygen atoms in total. The molecule has 14 heteroatoms. The van der Waals surface area contributed by atoms with Crippen molar-refractivity contribution in [3.63, 3.8) is 0 Å². The molecule has 240 valence electrons. The maximum absolute atomic E-state index is 13.9. The average Bonchev–Trinajstić information content (AvgIpc) is 2.89. The van der Waals surface area contributed by atoms with E-state index in [1.54, 1.807) is 12.1 Å². The van der Waals surface area contributed by atoms with E-state index in [1.807, 2.05) is 25.8 Å². The Morgan fingerprint density at radius 2 is 1.60 bits per heavy atom. The van der Waals surface area contributed by atoms with Crippen LogP contribution in [0.15, 0.2) is 42.5 Å². The fourth-order valence-electron chi connectivity index (χ4n) is 5.73. The number of benzene rings is 2. The van der Waals surface area contributed by atoms with E-state index >= 15 is 0 Å². The maximum atomic E-state index is 13.9. The summed E-state index contributed by atoms with van der Waals surface area (Å²) >= 11 is 0. The largest absolute Gasteiger partial charge is 0.471 e. The molecule has 0 unspecified atom stereocenters. The number of hydrogen-bond acceptors (Lipinski definition) is 4. The Labute approximate surface area is 259 Å². The molecule has 0 atom stereocenters. The van der Waals surface area contributed by atoms with E-state index in [2.05, 4.69) is 5.32 Å². The summed E-state index contributed by atoms with van der Waals surface area (Å²) in [6.07, 6.45) is -9.09. The highest BCUT2D eigenvalue weighted by atomic mass is 35.5. The lowest BCUT2D eigenvalue weighted by atomic mass is 9.78. The minimum absolute atomic E-state index is 0. The van der Waals surface area contributed by atoms with Gasteiger partial charge in [0, 0.05) is 36.8 Å². The van der Waals surface area contributed by atoms with Crippen molar-refractivity contribution in [1.82, 2.24) is 15.1 Å². The van der Waals surface area contributed by atoms with Crippen LogP contribution < -0.4 is 10.2 Å². The van der Waals surface area contributed by atoms with Crippen LogP contribution in [0.3, 0.4) is 0 Å². The molecular formula is C29H36Cl2F6N4O2. The molecule has 1 saturated heterocycles. The molecule has 43 heavy (non-hydrogen) atoms. The molecule has 2 aliphatic rings. The van der Waals surface area contributed by atoms with Gasteiger partial charge in [0.15, 0.2) is 0 Å². The van der Waals surface area contributed by atoms with Gasteiger partial charge in [0.25, 0.3) is 0 Å². The number of nitrogens with one attached hydrogen (secondary N) is 1. The second kappa shape index (κ2) is 14.0. The lowest BCUT2D eigenvalue weighted by molar-refractivity contribution is -0.170. The van der Waals surface area contributed by atoms with E-state index in [-0.39, 0.29) is 42.6 Å². The van der Waals surface area contributed by atoms with E-state index in [9.17, 15) is 35.9 Å². The lowest BCUT2D eigenvalue weighted by Crippen LogP contribution is -2.52. The highest BCUT2D eigenvalue weighted by Crippen LogP contribution is 2.37. The van der Waals surface area contributed by atoms with Gasteiger partial charge in [-0.2, -0.15) is 26.3 Å². The summed E-state index contributed by atoms with van der Waals surface area (Å²) in [6.45, 7) is 4.32. The quantitative estimate of drug-likeness (QED) is 0.391. The molecule has 2 aliphatic heterocycles.